The Balaban J connectivity index is 2.26. The van der Waals surface area contributed by atoms with Crippen LogP contribution in [-0.2, 0) is 0 Å². The normalized spacial score (nSPS) is 32.0. The van der Waals surface area contributed by atoms with Gasteiger partial charge in [0.2, 0.25) is 0 Å². The van der Waals surface area contributed by atoms with E-state index < -0.39 is 4.33 Å². The number of hydrogen-bond acceptors (Lipinski definition) is 0. The van der Waals surface area contributed by atoms with Gasteiger partial charge in [-0.2, -0.15) is 0 Å². The summed E-state index contributed by atoms with van der Waals surface area (Å²) in [5.41, 5.74) is 0. The fourth-order valence-electron chi connectivity index (χ4n) is 0.727. The molecule has 1 rings (SSSR count). The summed E-state index contributed by atoms with van der Waals surface area (Å²) >= 11 is 11.4. The highest BCUT2D eigenvalue weighted by Crippen LogP contribution is 2.54. The molecule has 1 fully saturated rings. The number of allylic oxidation sites excluding steroid dienone is 1. The average molecular weight is 151 g/mol. The molecule has 0 aromatic carbocycles. The van der Waals surface area contributed by atoms with E-state index in [1.54, 1.807) is 0 Å². The van der Waals surface area contributed by atoms with Crippen LogP contribution in [0.3, 0.4) is 0 Å². The second-order valence-electron chi connectivity index (χ2n) is 2.19. The van der Waals surface area contributed by atoms with E-state index in [4.69, 9.17) is 23.2 Å². The van der Waals surface area contributed by atoms with Gasteiger partial charge in [0, 0.05) is 0 Å². The summed E-state index contributed by atoms with van der Waals surface area (Å²) in [7, 11) is 0. The molecule has 1 saturated carbocycles. The summed E-state index contributed by atoms with van der Waals surface area (Å²) in [6.45, 7) is 3.59. The molecule has 0 heterocycles. The van der Waals surface area contributed by atoms with Crippen LogP contribution >= 0.6 is 23.2 Å². The van der Waals surface area contributed by atoms with E-state index >= 15 is 0 Å². The average Bonchev–Trinajstić information content (AvgIpc) is 2.15. The van der Waals surface area contributed by atoms with Gasteiger partial charge in [0.15, 0.2) is 0 Å². The second-order valence-corrected chi connectivity index (χ2v) is 3.73. The number of halogens is 2. The molecule has 0 bridgehead atoms. The predicted octanol–water partition coefficient (Wildman–Crippen LogP) is 2.76. The van der Waals surface area contributed by atoms with Crippen molar-refractivity contribution >= 4 is 23.2 Å². The Labute approximate surface area is 59.5 Å². The van der Waals surface area contributed by atoms with Gasteiger partial charge in [-0.05, 0) is 18.8 Å². The maximum absolute atomic E-state index is 5.70. The predicted molar refractivity (Wildman–Crippen MR) is 37.4 cm³/mol. The van der Waals surface area contributed by atoms with Crippen molar-refractivity contribution in [2.45, 2.75) is 17.2 Å². The molecule has 0 aromatic heterocycles. The molecule has 1 aliphatic carbocycles. The van der Waals surface area contributed by atoms with Crippen molar-refractivity contribution in [3.8, 4) is 0 Å². The molecule has 0 aromatic rings. The highest BCUT2D eigenvalue weighted by atomic mass is 35.5. The minimum absolute atomic E-state index is 0.409. The molecule has 8 heavy (non-hydrogen) atoms. The number of rotatable bonds is 2. The molecule has 0 spiro atoms. The molecule has 0 aliphatic heterocycles. The van der Waals surface area contributed by atoms with E-state index in [2.05, 4.69) is 6.58 Å². The lowest BCUT2D eigenvalue weighted by molar-refractivity contribution is 0.850. The molecule has 2 heteroatoms. The fourth-order valence-corrected chi connectivity index (χ4v) is 1.28. The summed E-state index contributed by atoms with van der Waals surface area (Å²) in [5.74, 6) is 0.475. The first-order valence-electron chi connectivity index (χ1n) is 2.65. The summed E-state index contributed by atoms with van der Waals surface area (Å²) in [4.78, 5) is 0. The second kappa shape index (κ2) is 1.93. The SMILES string of the molecule is C=CCC1CC1(Cl)Cl. The molecule has 0 saturated heterocycles. The van der Waals surface area contributed by atoms with Gasteiger partial charge in [0.05, 0.1) is 0 Å². The summed E-state index contributed by atoms with van der Waals surface area (Å²) in [5, 5.41) is 0. The smallest absolute Gasteiger partial charge is 0.103 e. The molecule has 1 atom stereocenters. The van der Waals surface area contributed by atoms with Gasteiger partial charge in [-0.3, -0.25) is 0 Å². The third-order valence-electron chi connectivity index (χ3n) is 1.41. The van der Waals surface area contributed by atoms with Crippen molar-refractivity contribution in [3.05, 3.63) is 12.7 Å². The first-order chi connectivity index (χ1) is 3.67. The molecule has 1 unspecified atom stereocenters. The van der Waals surface area contributed by atoms with Crippen LogP contribution in [0.5, 0.6) is 0 Å². The maximum atomic E-state index is 5.70. The van der Waals surface area contributed by atoms with Crippen molar-refractivity contribution in [1.29, 1.82) is 0 Å². The molecule has 0 amide bonds. The lowest BCUT2D eigenvalue weighted by atomic mass is 10.3. The fraction of sp³-hybridized carbons (Fsp3) is 0.667. The monoisotopic (exact) mass is 150 g/mol. The Bertz CT molecular complexity index is 107. The zero-order valence-electron chi connectivity index (χ0n) is 4.53. The molecule has 46 valence electrons. The Morgan fingerprint density at radius 3 is 2.38 bits per heavy atom. The van der Waals surface area contributed by atoms with Crippen molar-refractivity contribution in [2.24, 2.45) is 5.92 Å². The Kier molecular flexibility index (Phi) is 1.55. The zero-order valence-corrected chi connectivity index (χ0v) is 6.04. The number of hydrogen-bond donors (Lipinski definition) is 0. The maximum Gasteiger partial charge on any atom is 0.121 e. The van der Waals surface area contributed by atoms with Crippen LogP contribution in [0.4, 0.5) is 0 Å². The molecular formula is C6H8Cl2. The van der Waals surface area contributed by atoms with Gasteiger partial charge < -0.3 is 0 Å². The van der Waals surface area contributed by atoms with Gasteiger partial charge >= 0.3 is 0 Å². The van der Waals surface area contributed by atoms with E-state index in [1.165, 1.54) is 0 Å². The Morgan fingerprint density at radius 2 is 2.25 bits per heavy atom. The molecule has 0 nitrogen and oxygen atoms in total. The van der Waals surface area contributed by atoms with Crippen LogP contribution in [0, 0.1) is 5.92 Å². The van der Waals surface area contributed by atoms with Gasteiger partial charge in [-0.1, -0.05) is 6.08 Å². The van der Waals surface area contributed by atoms with Crippen molar-refractivity contribution in [1.82, 2.24) is 0 Å². The zero-order chi connectivity index (χ0) is 6.20. The third kappa shape index (κ3) is 1.18. The van der Waals surface area contributed by atoms with Crippen LogP contribution < -0.4 is 0 Å². The van der Waals surface area contributed by atoms with Gasteiger partial charge in [-0.15, -0.1) is 29.8 Å². The van der Waals surface area contributed by atoms with Crippen LogP contribution in [0.15, 0.2) is 12.7 Å². The third-order valence-corrected chi connectivity index (χ3v) is 2.33. The lowest BCUT2D eigenvalue weighted by Crippen LogP contribution is -1.86. The summed E-state index contributed by atoms with van der Waals surface area (Å²) in [6.07, 6.45) is 3.74. The van der Waals surface area contributed by atoms with Crippen molar-refractivity contribution < 1.29 is 0 Å². The van der Waals surface area contributed by atoms with E-state index in [0.29, 0.717) is 5.92 Å². The first-order valence-corrected chi connectivity index (χ1v) is 3.41. The van der Waals surface area contributed by atoms with Gasteiger partial charge in [0.25, 0.3) is 0 Å². The van der Waals surface area contributed by atoms with E-state index in [9.17, 15) is 0 Å². The van der Waals surface area contributed by atoms with E-state index in [1.807, 2.05) is 6.08 Å². The standard InChI is InChI=1S/C6H8Cl2/c1-2-3-5-4-6(5,7)8/h2,5H,1,3-4H2. The van der Waals surface area contributed by atoms with Crippen LogP contribution in [0.25, 0.3) is 0 Å². The molecule has 1 aliphatic rings. The lowest BCUT2D eigenvalue weighted by Gasteiger charge is -1.91. The van der Waals surface area contributed by atoms with Crippen LogP contribution in [0.2, 0.25) is 0 Å². The minimum atomic E-state index is -0.409. The van der Waals surface area contributed by atoms with Crippen molar-refractivity contribution in [3.63, 3.8) is 0 Å². The largest absolute Gasteiger partial charge is 0.121 e. The van der Waals surface area contributed by atoms with Gasteiger partial charge in [0.1, 0.15) is 4.33 Å². The van der Waals surface area contributed by atoms with E-state index in [-0.39, 0.29) is 0 Å². The first kappa shape index (κ1) is 6.44. The highest BCUT2D eigenvalue weighted by molar-refractivity contribution is 6.50. The summed E-state index contributed by atoms with van der Waals surface area (Å²) in [6, 6.07) is 0. The van der Waals surface area contributed by atoms with Crippen LogP contribution in [0.1, 0.15) is 12.8 Å². The van der Waals surface area contributed by atoms with Gasteiger partial charge in [-0.25, -0.2) is 0 Å². The number of alkyl halides is 2. The van der Waals surface area contributed by atoms with Crippen molar-refractivity contribution in [2.75, 3.05) is 0 Å². The Morgan fingerprint density at radius 1 is 1.75 bits per heavy atom. The highest BCUT2D eigenvalue weighted by Gasteiger charge is 2.50. The molecule has 0 N–H and O–H groups in total. The minimum Gasteiger partial charge on any atom is -0.103 e. The van der Waals surface area contributed by atoms with Crippen LogP contribution in [-0.4, -0.2) is 4.33 Å². The molecule has 0 radical (unpaired) electrons. The quantitative estimate of drug-likeness (QED) is 0.420. The molecular weight excluding hydrogens is 143 g/mol. The summed E-state index contributed by atoms with van der Waals surface area (Å²) < 4.78 is -0.409. The Hall–Kier alpha value is 0.320. The van der Waals surface area contributed by atoms with E-state index in [0.717, 1.165) is 12.8 Å². The topological polar surface area (TPSA) is 0 Å².